The summed E-state index contributed by atoms with van der Waals surface area (Å²) in [6.45, 7) is 5.43. The third kappa shape index (κ3) is 3.39. The van der Waals surface area contributed by atoms with Gasteiger partial charge in [0.15, 0.2) is 0 Å². The van der Waals surface area contributed by atoms with Crippen molar-refractivity contribution in [3.05, 3.63) is 34.4 Å². The van der Waals surface area contributed by atoms with Crippen LogP contribution in [0.5, 0.6) is 0 Å². The maximum absolute atomic E-state index is 13.2. The summed E-state index contributed by atoms with van der Waals surface area (Å²) in [5.41, 5.74) is -0.0619. The molecule has 1 fully saturated rings. The van der Waals surface area contributed by atoms with Gasteiger partial charge in [-0.1, -0.05) is 13.8 Å². The van der Waals surface area contributed by atoms with Crippen LogP contribution < -0.4 is 0 Å². The summed E-state index contributed by atoms with van der Waals surface area (Å²) in [7, 11) is 1.50. The van der Waals surface area contributed by atoms with Crippen LogP contribution >= 0.6 is 0 Å². The predicted molar refractivity (Wildman–Crippen MR) is 83.0 cm³/mol. The molecule has 24 heavy (non-hydrogen) atoms. The number of nitrogens with zero attached hydrogens (tertiary/aromatic N) is 3. The van der Waals surface area contributed by atoms with Crippen LogP contribution in [-0.2, 0) is 19.3 Å². The Bertz CT molecular complexity index is 673. The number of fused-ring (bicyclic) bond motifs is 1. The maximum Gasteiger partial charge on any atom is 0.416 e. The summed E-state index contributed by atoms with van der Waals surface area (Å²) in [4.78, 5) is 15.2. The summed E-state index contributed by atoms with van der Waals surface area (Å²) < 4.78 is 39.7. The zero-order valence-electron chi connectivity index (χ0n) is 13.9. The van der Waals surface area contributed by atoms with Gasteiger partial charge in [-0.15, -0.1) is 0 Å². The van der Waals surface area contributed by atoms with E-state index < -0.39 is 11.7 Å². The van der Waals surface area contributed by atoms with Gasteiger partial charge < -0.3 is 4.90 Å². The van der Waals surface area contributed by atoms with Crippen molar-refractivity contribution in [3.8, 4) is 6.07 Å². The lowest BCUT2D eigenvalue weighted by Crippen LogP contribution is -2.45. The molecule has 0 unspecified atom stereocenters. The minimum absolute atomic E-state index is 0.0104. The van der Waals surface area contributed by atoms with Gasteiger partial charge in [0.25, 0.3) is 5.91 Å². The number of carbonyl (C=O) groups excluding carboxylic acids is 1. The zero-order valence-corrected chi connectivity index (χ0v) is 13.9. The molecule has 1 amide bonds. The van der Waals surface area contributed by atoms with Crippen molar-refractivity contribution in [2.24, 2.45) is 5.92 Å². The van der Waals surface area contributed by atoms with Gasteiger partial charge in [-0.2, -0.15) is 18.4 Å². The number of hydrogen-bond acceptors (Lipinski definition) is 3. The van der Waals surface area contributed by atoms with Crippen LogP contribution in [0.2, 0.25) is 0 Å². The van der Waals surface area contributed by atoms with E-state index >= 15 is 0 Å². The Balaban J connectivity index is 0.00000100. The van der Waals surface area contributed by atoms with Crippen LogP contribution in [-0.4, -0.2) is 35.8 Å². The summed E-state index contributed by atoms with van der Waals surface area (Å²) in [6.07, 6.45) is -4.48. The Hall–Kier alpha value is -2.07. The number of benzene rings is 1. The first-order valence-electron chi connectivity index (χ1n) is 7.90. The van der Waals surface area contributed by atoms with Gasteiger partial charge in [0, 0.05) is 38.8 Å². The van der Waals surface area contributed by atoms with E-state index in [2.05, 4.69) is 6.07 Å². The summed E-state index contributed by atoms with van der Waals surface area (Å²) in [5, 5.41) is 8.74. The van der Waals surface area contributed by atoms with Crippen molar-refractivity contribution in [2.75, 3.05) is 20.1 Å². The summed E-state index contributed by atoms with van der Waals surface area (Å²) >= 11 is 0. The lowest BCUT2D eigenvalue weighted by atomic mass is 9.96. The highest BCUT2D eigenvalue weighted by molar-refractivity contribution is 5.98. The summed E-state index contributed by atoms with van der Waals surface area (Å²) in [6, 6.07) is 4.81. The molecule has 7 heteroatoms. The first-order chi connectivity index (χ1) is 11.3. The molecule has 1 saturated heterocycles. The predicted octanol–water partition coefficient (Wildman–Crippen LogP) is 3.27. The average molecular weight is 339 g/mol. The zero-order chi connectivity index (χ0) is 18.1. The second-order valence-electron chi connectivity index (χ2n) is 5.85. The number of hydrogen-bond donors (Lipinski definition) is 0. The van der Waals surface area contributed by atoms with Gasteiger partial charge in [0.05, 0.1) is 17.6 Å². The van der Waals surface area contributed by atoms with Crippen LogP contribution in [0.1, 0.15) is 40.9 Å². The van der Waals surface area contributed by atoms with Gasteiger partial charge in [-0.25, -0.2) is 0 Å². The Labute approximate surface area is 139 Å². The van der Waals surface area contributed by atoms with E-state index in [1.165, 1.54) is 11.9 Å². The van der Waals surface area contributed by atoms with Crippen molar-refractivity contribution >= 4 is 5.91 Å². The summed E-state index contributed by atoms with van der Waals surface area (Å²) in [5.74, 6) is -0.426. The quantitative estimate of drug-likeness (QED) is 0.831. The van der Waals surface area contributed by atoms with E-state index in [1.54, 1.807) is 6.07 Å². The van der Waals surface area contributed by atoms with Gasteiger partial charge in [0.2, 0.25) is 0 Å². The highest BCUT2D eigenvalue weighted by atomic mass is 19.4. The molecule has 0 saturated carbocycles. The second kappa shape index (κ2) is 6.81. The smallest absolute Gasteiger partial charge is 0.337 e. The lowest BCUT2D eigenvalue weighted by Gasteiger charge is -2.35. The van der Waals surface area contributed by atoms with E-state index in [0.717, 1.165) is 6.07 Å². The van der Waals surface area contributed by atoms with Crippen LogP contribution in [0.15, 0.2) is 12.1 Å². The fourth-order valence-electron chi connectivity index (χ4n) is 2.99. The van der Waals surface area contributed by atoms with Crippen molar-refractivity contribution < 1.29 is 18.0 Å². The molecule has 2 heterocycles. The molecule has 2 aliphatic rings. The topological polar surface area (TPSA) is 47.3 Å². The van der Waals surface area contributed by atoms with E-state index in [4.69, 9.17) is 5.26 Å². The van der Waals surface area contributed by atoms with E-state index in [-0.39, 0.29) is 29.5 Å². The van der Waals surface area contributed by atoms with Gasteiger partial charge in [0.1, 0.15) is 0 Å². The number of alkyl halides is 3. The lowest BCUT2D eigenvalue weighted by molar-refractivity contribution is -0.138. The monoisotopic (exact) mass is 339 g/mol. The third-order valence-corrected chi connectivity index (χ3v) is 4.13. The Morgan fingerprint density at radius 3 is 2.46 bits per heavy atom. The largest absolute Gasteiger partial charge is 0.416 e. The van der Waals surface area contributed by atoms with Gasteiger partial charge in [-0.3, -0.25) is 9.69 Å². The minimum Gasteiger partial charge on any atom is -0.337 e. The van der Waals surface area contributed by atoms with E-state index in [1.807, 2.05) is 18.7 Å². The molecule has 0 radical (unpaired) electrons. The Kier molecular flexibility index (Phi) is 5.19. The number of likely N-dealkylation sites (tertiary alicyclic amines) is 1. The molecule has 2 aliphatic heterocycles. The van der Waals surface area contributed by atoms with Crippen LogP contribution in [0, 0.1) is 17.2 Å². The van der Waals surface area contributed by atoms with Gasteiger partial charge in [-0.05, 0) is 23.3 Å². The molecule has 3 rings (SSSR count). The Morgan fingerprint density at radius 2 is 1.92 bits per heavy atom. The average Bonchev–Trinajstić information content (AvgIpc) is 2.78. The molecular formula is C17H20F3N3O. The number of nitriles is 1. The first-order valence-corrected chi connectivity index (χ1v) is 7.90. The first kappa shape index (κ1) is 18.3. The van der Waals surface area contributed by atoms with Crippen molar-refractivity contribution in [2.45, 2.75) is 33.1 Å². The minimum atomic E-state index is -4.48. The van der Waals surface area contributed by atoms with Crippen molar-refractivity contribution in [1.29, 1.82) is 5.26 Å². The van der Waals surface area contributed by atoms with Crippen LogP contribution in [0.25, 0.3) is 0 Å². The standard InChI is InChI=1S/C15H14F3N3O.C2H6/c1-20-8-12-11(14(20)22)2-9(3-13(12)15(16,17)18)5-21-6-10(4-19)7-21;1-2/h2-3,10H,5-8H2,1H3;1-2H3. The fourth-order valence-corrected chi connectivity index (χ4v) is 2.99. The van der Waals surface area contributed by atoms with Crippen LogP contribution in [0.4, 0.5) is 13.2 Å². The van der Waals surface area contributed by atoms with Crippen LogP contribution in [0.3, 0.4) is 0 Å². The molecule has 0 aliphatic carbocycles. The SMILES string of the molecule is CC.CN1Cc2c(cc(CN3CC(C#N)C3)cc2C(F)(F)F)C1=O. The van der Waals surface area contributed by atoms with Gasteiger partial charge >= 0.3 is 6.18 Å². The van der Waals surface area contributed by atoms with Crippen molar-refractivity contribution in [3.63, 3.8) is 0 Å². The normalized spacial score (nSPS) is 17.7. The van der Waals surface area contributed by atoms with E-state index in [0.29, 0.717) is 25.2 Å². The molecule has 130 valence electrons. The number of rotatable bonds is 2. The molecule has 0 spiro atoms. The van der Waals surface area contributed by atoms with Crippen molar-refractivity contribution in [1.82, 2.24) is 9.80 Å². The molecule has 1 aromatic carbocycles. The second-order valence-corrected chi connectivity index (χ2v) is 5.85. The molecule has 4 nitrogen and oxygen atoms in total. The molecular weight excluding hydrogens is 319 g/mol. The molecule has 0 atom stereocenters. The molecule has 0 bridgehead atoms. The highest BCUT2D eigenvalue weighted by Gasteiger charge is 2.39. The number of amides is 1. The number of halogens is 3. The molecule has 1 aromatic rings. The maximum atomic E-state index is 13.2. The molecule has 0 N–H and O–H groups in total. The number of carbonyl (C=O) groups is 1. The third-order valence-electron chi connectivity index (χ3n) is 4.13. The highest BCUT2D eigenvalue weighted by Crippen LogP contribution is 2.38. The van der Waals surface area contributed by atoms with E-state index in [9.17, 15) is 18.0 Å². The molecule has 0 aromatic heterocycles. The Morgan fingerprint density at radius 1 is 1.29 bits per heavy atom. The fraction of sp³-hybridized carbons (Fsp3) is 0.529.